The van der Waals surface area contributed by atoms with Crippen molar-refractivity contribution in [2.75, 3.05) is 18.5 Å². The summed E-state index contributed by atoms with van der Waals surface area (Å²) in [5.41, 5.74) is 1.56. The third-order valence-corrected chi connectivity index (χ3v) is 2.76. The van der Waals surface area contributed by atoms with E-state index in [2.05, 4.69) is 11.4 Å². The van der Waals surface area contributed by atoms with Gasteiger partial charge in [-0.05, 0) is 36.4 Å². The molecule has 6 nitrogen and oxygen atoms in total. The van der Waals surface area contributed by atoms with Crippen LogP contribution in [-0.4, -0.2) is 18.1 Å². The molecule has 0 fully saturated rings. The molecule has 0 saturated carbocycles. The summed E-state index contributed by atoms with van der Waals surface area (Å²) in [5, 5.41) is 22.4. The smallest absolute Gasteiger partial charge is 0.269 e. The fourth-order valence-electron chi connectivity index (χ4n) is 1.69. The lowest BCUT2D eigenvalue weighted by Gasteiger charge is -2.08. The average Bonchev–Trinajstić information content (AvgIpc) is 2.52. The van der Waals surface area contributed by atoms with Gasteiger partial charge in [-0.25, -0.2) is 0 Å². The molecule has 0 aliphatic heterocycles. The molecule has 106 valence electrons. The van der Waals surface area contributed by atoms with Gasteiger partial charge in [0, 0.05) is 24.4 Å². The number of hydrogen-bond acceptors (Lipinski definition) is 5. The summed E-state index contributed by atoms with van der Waals surface area (Å²) in [6, 6.07) is 15.1. The molecule has 0 aromatic heterocycles. The van der Waals surface area contributed by atoms with Crippen molar-refractivity contribution in [3.63, 3.8) is 0 Å². The Morgan fingerprint density at radius 1 is 1.14 bits per heavy atom. The molecule has 0 bridgehead atoms. The molecule has 2 rings (SSSR count). The van der Waals surface area contributed by atoms with E-state index in [1.807, 2.05) is 12.1 Å². The standard InChI is InChI=1S/C15H13N3O3/c16-11-12-1-3-13(4-2-12)17-9-10-21-15-7-5-14(6-8-15)18(19)20/h1-8,17H,9-10H2. The van der Waals surface area contributed by atoms with Crippen molar-refractivity contribution in [3.05, 3.63) is 64.2 Å². The fraction of sp³-hybridized carbons (Fsp3) is 0.133. The van der Waals surface area contributed by atoms with Gasteiger partial charge in [-0.3, -0.25) is 10.1 Å². The molecule has 0 aliphatic carbocycles. The Kier molecular flexibility index (Phi) is 4.72. The molecule has 0 atom stereocenters. The summed E-state index contributed by atoms with van der Waals surface area (Å²) in [6.45, 7) is 1.01. The molecule has 2 aromatic rings. The van der Waals surface area contributed by atoms with Gasteiger partial charge in [0.15, 0.2) is 0 Å². The highest BCUT2D eigenvalue weighted by Gasteiger charge is 2.03. The Labute approximate surface area is 121 Å². The largest absolute Gasteiger partial charge is 0.492 e. The normalized spacial score (nSPS) is 9.67. The lowest BCUT2D eigenvalue weighted by atomic mass is 10.2. The van der Waals surface area contributed by atoms with E-state index < -0.39 is 4.92 Å². The number of ether oxygens (including phenoxy) is 1. The van der Waals surface area contributed by atoms with E-state index in [0.29, 0.717) is 24.5 Å². The Balaban J connectivity index is 1.76. The molecule has 0 radical (unpaired) electrons. The van der Waals surface area contributed by atoms with Crippen molar-refractivity contribution < 1.29 is 9.66 Å². The molecule has 0 amide bonds. The van der Waals surface area contributed by atoms with Crippen LogP contribution in [0.5, 0.6) is 5.75 Å². The first-order valence-electron chi connectivity index (χ1n) is 6.30. The minimum absolute atomic E-state index is 0.0399. The quantitative estimate of drug-likeness (QED) is 0.500. The minimum atomic E-state index is -0.448. The van der Waals surface area contributed by atoms with Gasteiger partial charge >= 0.3 is 0 Å². The van der Waals surface area contributed by atoms with Crippen LogP contribution in [0.1, 0.15) is 5.56 Å². The Morgan fingerprint density at radius 2 is 1.81 bits per heavy atom. The second-order valence-electron chi connectivity index (χ2n) is 4.22. The lowest BCUT2D eigenvalue weighted by Crippen LogP contribution is -2.11. The van der Waals surface area contributed by atoms with E-state index in [1.165, 1.54) is 12.1 Å². The predicted octanol–water partition coefficient (Wildman–Crippen LogP) is 2.96. The number of benzene rings is 2. The van der Waals surface area contributed by atoms with E-state index in [4.69, 9.17) is 10.00 Å². The maximum atomic E-state index is 10.5. The third kappa shape index (κ3) is 4.21. The van der Waals surface area contributed by atoms with Crippen LogP contribution in [0.2, 0.25) is 0 Å². The van der Waals surface area contributed by atoms with Crippen molar-refractivity contribution in [2.45, 2.75) is 0 Å². The van der Waals surface area contributed by atoms with Crippen molar-refractivity contribution in [1.29, 1.82) is 5.26 Å². The molecular weight excluding hydrogens is 270 g/mol. The molecule has 0 heterocycles. The van der Waals surface area contributed by atoms with E-state index >= 15 is 0 Å². The van der Waals surface area contributed by atoms with Crippen LogP contribution in [0.3, 0.4) is 0 Å². The molecule has 0 unspecified atom stereocenters. The van der Waals surface area contributed by atoms with Crippen LogP contribution in [0.15, 0.2) is 48.5 Å². The molecule has 0 saturated heterocycles. The zero-order valence-electron chi connectivity index (χ0n) is 11.2. The number of nitro groups is 1. The van der Waals surface area contributed by atoms with Gasteiger partial charge in [0.25, 0.3) is 5.69 Å². The topological polar surface area (TPSA) is 88.2 Å². The van der Waals surface area contributed by atoms with E-state index in [-0.39, 0.29) is 5.69 Å². The summed E-state index contributed by atoms with van der Waals surface area (Å²) >= 11 is 0. The van der Waals surface area contributed by atoms with E-state index in [9.17, 15) is 10.1 Å². The Morgan fingerprint density at radius 3 is 2.38 bits per heavy atom. The zero-order chi connectivity index (χ0) is 15.1. The molecule has 2 aromatic carbocycles. The molecule has 1 N–H and O–H groups in total. The number of anilines is 1. The summed E-state index contributed by atoms with van der Waals surface area (Å²) in [5.74, 6) is 0.585. The van der Waals surface area contributed by atoms with Crippen LogP contribution in [0.4, 0.5) is 11.4 Å². The lowest BCUT2D eigenvalue weighted by molar-refractivity contribution is -0.384. The second kappa shape index (κ2) is 6.91. The van der Waals surface area contributed by atoms with Gasteiger partial charge < -0.3 is 10.1 Å². The van der Waals surface area contributed by atoms with Gasteiger partial charge in [-0.2, -0.15) is 5.26 Å². The van der Waals surface area contributed by atoms with Gasteiger partial charge in [0.2, 0.25) is 0 Å². The van der Waals surface area contributed by atoms with Crippen molar-refractivity contribution >= 4 is 11.4 Å². The van der Waals surface area contributed by atoms with E-state index in [1.54, 1.807) is 24.3 Å². The van der Waals surface area contributed by atoms with Gasteiger partial charge in [0.1, 0.15) is 12.4 Å². The van der Waals surface area contributed by atoms with Crippen molar-refractivity contribution in [3.8, 4) is 11.8 Å². The first-order valence-corrected chi connectivity index (χ1v) is 6.30. The first kappa shape index (κ1) is 14.3. The average molecular weight is 283 g/mol. The highest BCUT2D eigenvalue weighted by Crippen LogP contribution is 2.17. The van der Waals surface area contributed by atoms with Gasteiger partial charge in [-0.1, -0.05) is 0 Å². The number of nitro benzene ring substituents is 1. The third-order valence-electron chi connectivity index (χ3n) is 2.76. The van der Waals surface area contributed by atoms with Gasteiger partial charge in [-0.15, -0.1) is 0 Å². The predicted molar refractivity (Wildman–Crippen MR) is 78.2 cm³/mol. The van der Waals surface area contributed by atoms with Gasteiger partial charge in [0.05, 0.1) is 16.6 Å². The van der Waals surface area contributed by atoms with Crippen LogP contribution < -0.4 is 10.1 Å². The maximum absolute atomic E-state index is 10.5. The fourth-order valence-corrected chi connectivity index (χ4v) is 1.69. The second-order valence-corrected chi connectivity index (χ2v) is 4.22. The maximum Gasteiger partial charge on any atom is 0.269 e. The number of nitrogens with one attached hydrogen (secondary N) is 1. The number of non-ortho nitro benzene ring substituents is 1. The van der Waals surface area contributed by atoms with Crippen LogP contribution in [0.25, 0.3) is 0 Å². The van der Waals surface area contributed by atoms with Crippen molar-refractivity contribution in [2.24, 2.45) is 0 Å². The highest BCUT2D eigenvalue weighted by molar-refractivity contribution is 5.47. The Hall–Kier alpha value is -3.07. The molecule has 0 aliphatic rings. The summed E-state index contributed by atoms with van der Waals surface area (Å²) in [6.07, 6.45) is 0. The minimum Gasteiger partial charge on any atom is -0.492 e. The number of nitriles is 1. The van der Waals surface area contributed by atoms with Crippen LogP contribution >= 0.6 is 0 Å². The van der Waals surface area contributed by atoms with Crippen LogP contribution in [0, 0.1) is 21.4 Å². The SMILES string of the molecule is N#Cc1ccc(NCCOc2ccc([N+](=O)[O-])cc2)cc1. The summed E-state index contributed by atoms with van der Waals surface area (Å²) in [7, 11) is 0. The summed E-state index contributed by atoms with van der Waals surface area (Å²) < 4.78 is 5.47. The highest BCUT2D eigenvalue weighted by atomic mass is 16.6. The summed E-state index contributed by atoms with van der Waals surface area (Å²) in [4.78, 5) is 10.1. The Bertz CT molecular complexity index is 645. The zero-order valence-corrected chi connectivity index (χ0v) is 11.2. The van der Waals surface area contributed by atoms with E-state index in [0.717, 1.165) is 5.69 Å². The number of hydrogen-bond donors (Lipinski definition) is 1. The monoisotopic (exact) mass is 283 g/mol. The molecule has 6 heteroatoms. The molecular formula is C15H13N3O3. The van der Waals surface area contributed by atoms with Crippen molar-refractivity contribution in [1.82, 2.24) is 0 Å². The number of rotatable bonds is 6. The van der Waals surface area contributed by atoms with Crippen LogP contribution in [-0.2, 0) is 0 Å². The first-order chi connectivity index (χ1) is 10.2. The molecule has 21 heavy (non-hydrogen) atoms. The molecule has 0 spiro atoms. The number of nitrogens with zero attached hydrogens (tertiary/aromatic N) is 2.